The van der Waals surface area contributed by atoms with Crippen LogP contribution in [-0.4, -0.2) is 5.25 Å². The van der Waals surface area contributed by atoms with Crippen LogP contribution in [0.5, 0.6) is 0 Å². The van der Waals surface area contributed by atoms with E-state index in [9.17, 15) is 0 Å². The first-order valence-electron chi connectivity index (χ1n) is 4.63. The van der Waals surface area contributed by atoms with E-state index in [1.807, 2.05) is 0 Å². The average molecular weight is 168 g/mol. The Morgan fingerprint density at radius 3 is 2.82 bits per heavy atom. The minimum Gasteiger partial charge on any atom is -0.127 e. The molecule has 1 aliphatic heterocycles. The zero-order chi connectivity index (χ0) is 8.01. The van der Waals surface area contributed by atoms with E-state index in [0.29, 0.717) is 0 Å². The van der Waals surface area contributed by atoms with E-state index in [4.69, 9.17) is 0 Å². The molecule has 2 aliphatic rings. The molecule has 0 nitrogen and oxygen atoms in total. The van der Waals surface area contributed by atoms with E-state index in [0.717, 1.165) is 17.1 Å². The second kappa shape index (κ2) is 2.55. The summed E-state index contributed by atoms with van der Waals surface area (Å²) in [5, 5.41) is 0.878. The Labute approximate surface area is 73.4 Å². The number of hydrogen-bond acceptors (Lipinski definition) is 1. The van der Waals surface area contributed by atoms with E-state index in [2.05, 4.69) is 32.5 Å². The Hall–Kier alpha value is 0.0900. The van der Waals surface area contributed by atoms with E-state index in [-0.39, 0.29) is 0 Å². The fourth-order valence-corrected chi connectivity index (χ4v) is 3.69. The molecule has 11 heavy (non-hydrogen) atoms. The largest absolute Gasteiger partial charge is 0.127 e. The number of rotatable bonds is 1. The summed E-state index contributed by atoms with van der Waals surface area (Å²) in [5.41, 5.74) is 1.80. The highest BCUT2D eigenvalue weighted by atomic mass is 32.2. The van der Waals surface area contributed by atoms with Crippen LogP contribution in [0.15, 0.2) is 10.5 Å². The molecule has 3 unspecified atom stereocenters. The quantitative estimate of drug-likeness (QED) is 0.578. The average Bonchev–Trinajstić information content (AvgIpc) is 2.61. The molecular formula is C10H16S. The van der Waals surface area contributed by atoms with Gasteiger partial charge in [0.15, 0.2) is 0 Å². The van der Waals surface area contributed by atoms with Crippen LogP contribution in [0.4, 0.5) is 0 Å². The van der Waals surface area contributed by atoms with Crippen LogP contribution in [-0.2, 0) is 0 Å². The molecule has 0 spiro atoms. The van der Waals surface area contributed by atoms with Crippen molar-refractivity contribution in [3.05, 3.63) is 10.5 Å². The summed E-state index contributed by atoms with van der Waals surface area (Å²) in [7, 11) is 0. The van der Waals surface area contributed by atoms with Gasteiger partial charge in [0.2, 0.25) is 0 Å². The molecule has 2 rings (SSSR count). The van der Waals surface area contributed by atoms with Crippen molar-refractivity contribution in [2.24, 2.45) is 11.8 Å². The van der Waals surface area contributed by atoms with Crippen LogP contribution in [0.3, 0.4) is 0 Å². The van der Waals surface area contributed by atoms with Crippen molar-refractivity contribution >= 4 is 11.8 Å². The Morgan fingerprint density at radius 1 is 1.45 bits per heavy atom. The molecular weight excluding hydrogens is 152 g/mol. The molecule has 0 radical (unpaired) electrons. The van der Waals surface area contributed by atoms with Crippen molar-refractivity contribution in [2.75, 3.05) is 0 Å². The van der Waals surface area contributed by atoms with Gasteiger partial charge in [0.1, 0.15) is 0 Å². The van der Waals surface area contributed by atoms with Gasteiger partial charge in [0.25, 0.3) is 0 Å². The summed E-state index contributed by atoms with van der Waals surface area (Å²) in [6.45, 7) is 7.03. The minimum absolute atomic E-state index is 0.878. The lowest BCUT2D eigenvalue weighted by atomic mass is 10.2. The van der Waals surface area contributed by atoms with Crippen molar-refractivity contribution in [3.8, 4) is 0 Å². The molecule has 0 bridgehead atoms. The third kappa shape index (κ3) is 1.14. The molecule has 1 fully saturated rings. The molecule has 0 aromatic heterocycles. The summed E-state index contributed by atoms with van der Waals surface area (Å²) in [4.78, 5) is 1.71. The molecule has 0 aromatic carbocycles. The van der Waals surface area contributed by atoms with Gasteiger partial charge >= 0.3 is 0 Å². The molecule has 3 atom stereocenters. The van der Waals surface area contributed by atoms with Gasteiger partial charge in [0, 0.05) is 5.25 Å². The Balaban J connectivity index is 2.20. The third-order valence-electron chi connectivity index (χ3n) is 2.96. The smallest absolute Gasteiger partial charge is 0.00687 e. The lowest BCUT2D eigenvalue weighted by Crippen LogP contribution is -2.02. The molecule has 1 heteroatoms. The second-order valence-electron chi connectivity index (χ2n) is 3.79. The molecule has 62 valence electrons. The summed E-state index contributed by atoms with van der Waals surface area (Å²) in [6.07, 6.45) is 2.70. The van der Waals surface area contributed by atoms with Gasteiger partial charge in [-0.1, -0.05) is 26.3 Å². The highest BCUT2D eigenvalue weighted by Crippen LogP contribution is 2.58. The van der Waals surface area contributed by atoms with Crippen molar-refractivity contribution in [1.82, 2.24) is 0 Å². The number of fused-ring (bicyclic) bond motifs is 1. The highest BCUT2D eigenvalue weighted by molar-refractivity contribution is 8.03. The minimum atomic E-state index is 0.878. The van der Waals surface area contributed by atoms with Gasteiger partial charge in [-0.15, -0.1) is 11.8 Å². The van der Waals surface area contributed by atoms with Crippen LogP contribution in [0.2, 0.25) is 0 Å². The predicted molar refractivity (Wildman–Crippen MR) is 51.6 cm³/mol. The van der Waals surface area contributed by atoms with Crippen molar-refractivity contribution in [2.45, 2.75) is 38.9 Å². The van der Waals surface area contributed by atoms with E-state index in [1.54, 1.807) is 10.5 Å². The third-order valence-corrected chi connectivity index (χ3v) is 4.36. The van der Waals surface area contributed by atoms with Crippen LogP contribution in [0, 0.1) is 11.8 Å². The maximum absolute atomic E-state index is 2.38. The number of thioether (sulfide) groups is 1. The first-order chi connectivity index (χ1) is 5.24. The zero-order valence-corrected chi connectivity index (χ0v) is 8.37. The van der Waals surface area contributed by atoms with E-state index >= 15 is 0 Å². The molecule has 0 N–H and O–H groups in total. The Bertz CT molecular complexity index is 205. The van der Waals surface area contributed by atoms with E-state index < -0.39 is 0 Å². The van der Waals surface area contributed by atoms with Gasteiger partial charge in [-0.05, 0) is 29.6 Å². The van der Waals surface area contributed by atoms with Gasteiger partial charge in [-0.3, -0.25) is 0 Å². The lowest BCUT2D eigenvalue weighted by molar-refractivity contribution is 0.672. The van der Waals surface area contributed by atoms with Crippen molar-refractivity contribution in [3.63, 3.8) is 0 Å². The van der Waals surface area contributed by atoms with Gasteiger partial charge in [-0.25, -0.2) is 0 Å². The highest BCUT2D eigenvalue weighted by Gasteiger charge is 2.45. The topological polar surface area (TPSA) is 0 Å². The number of hydrogen-bond donors (Lipinski definition) is 0. The first kappa shape index (κ1) is 7.72. The molecule has 1 aliphatic carbocycles. The maximum atomic E-state index is 2.38. The maximum Gasteiger partial charge on any atom is 0.00687 e. The second-order valence-corrected chi connectivity index (χ2v) is 5.32. The fraction of sp³-hybridized carbons (Fsp3) is 0.800. The van der Waals surface area contributed by atoms with Gasteiger partial charge in [0.05, 0.1) is 0 Å². The first-order valence-corrected chi connectivity index (χ1v) is 5.51. The lowest BCUT2D eigenvalue weighted by Gasteiger charge is -2.16. The fourth-order valence-electron chi connectivity index (χ4n) is 2.26. The van der Waals surface area contributed by atoms with Crippen molar-refractivity contribution < 1.29 is 0 Å². The Kier molecular flexibility index (Phi) is 1.79. The summed E-state index contributed by atoms with van der Waals surface area (Å²) in [6, 6.07) is 0. The van der Waals surface area contributed by atoms with Crippen LogP contribution < -0.4 is 0 Å². The molecule has 1 saturated carbocycles. The summed E-state index contributed by atoms with van der Waals surface area (Å²) >= 11 is 2.12. The monoisotopic (exact) mass is 168 g/mol. The van der Waals surface area contributed by atoms with E-state index in [1.165, 1.54) is 12.8 Å². The number of allylic oxidation sites excluding steroid dienone is 2. The van der Waals surface area contributed by atoms with Crippen molar-refractivity contribution in [1.29, 1.82) is 0 Å². The standard InChI is InChI=1S/C10H16S/c1-4-9-10-7(3)8(10)5-6(2)11-9/h6-8H,4-5H2,1-3H3. The van der Waals surface area contributed by atoms with Gasteiger partial charge < -0.3 is 0 Å². The summed E-state index contributed by atoms with van der Waals surface area (Å²) in [5.74, 6) is 1.92. The summed E-state index contributed by atoms with van der Waals surface area (Å²) < 4.78 is 0. The predicted octanol–water partition coefficient (Wildman–Crippen LogP) is 3.44. The molecule has 1 heterocycles. The molecule has 0 saturated heterocycles. The Morgan fingerprint density at radius 2 is 2.18 bits per heavy atom. The molecule has 0 amide bonds. The van der Waals surface area contributed by atoms with Crippen LogP contribution >= 0.6 is 11.8 Å². The van der Waals surface area contributed by atoms with Crippen LogP contribution in [0.25, 0.3) is 0 Å². The van der Waals surface area contributed by atoms with Crippen LogP contribution in [0.1, 0.15) is 33.6 Å². The SMILES string of the molecule is CCC1=C2C(C)C2CC(C)S1. The molecule has 0 aromatic rings. The zero-order valence-electron chi connectivity index (χ0n) is 7.55. The van der Waals surface area contributed by atoms with Gasteiger partial charge in [-0.2, -0.15) is 0 Å². The normalized spacial score (nSPS) is 42.3.